The normalized spacial score (nSPS) is 13.0. The van der Waals surface area contributed by atoms with Gasteiger partial charge in [-0.2, -0.15) is 0 Å². The summed E-state index contributed by atoms with van der Waals surface area (Å²) in [5.74, 6) is 0.432. The van der Waals surface area contributed by atoms with Crippen LogP contribution < -0.4 is 5.32 Å². The molecular formula is C10H14BrFN2. The van der Waals surface area contributed by atoms with E-state index in [-0.39, 0.29) is 11.9 Å². The summed E-state index contributed by atoms with van der Waals surface area (Å²) in [7, 11) is 0. The molecule has 0 bridgehead atoms. The van der Waals surface area contributed by atoms with Gasteiger partial charge in [0.05, 0.1) is 0 Å². The molecule has 0 saturated heterocycles. The molecule has 1 aromatic rings. The van der Waals surface area contributed by atoms with Gasteiger partial charge in [0.2, 0.25) is 0 Å². The van der Waals surface area contributed by atoms with E-state index in [0.717, 1.165) is 0 Å². The molecule has 4 heteroatoms. The summed E-state index contributed by atoms with van der Waals surface area (Å²) in [4.78, 5) is 3.97. The minimum absolute atomic E-state index is 0.207. The summed E-state index contributed by atoms with van der Waals surface area (Å²) in [5, 5.41) is 3.03. The van der Waals surface area contributed by atoms with Gasteiger partial charge in [-0.25, -0.2) is 9.37 Å². The number of nitrogens with one attached hydrogen (secondary N) is 1. The first-order chi connectivity index (χ1) is 6.50. The van der Waals surface area contributed by atoms with Crippen LogP contribution in [-0.4, -0.2) is 11.0 Å². The lowest BCUT2D eigenvalue weighted by Gasteiger charge is -2.18. The average molecular weight is 261 g/mol. The summed E-state index contributed by atoms with van der Waals surface area (Å²) in [6.07, 6.45) is 1.58. The fraction of sp³-hybridized carbons (Fsp3) is 0.500. The number of pyridine rings is 1. The van der Waals surface area contributed by atoms with Crippen molar-refractivity contribution in [3.8, 4) is 0 Å². The zero-order chi connectivity index (χ0) is 10.7. The van der Waals surface area contributed by atoms with Gasteiger partial charge in [-0.1, -0.05) is 13.8 Å². The van der Waals surface area contributed by atoms with E-state index in [4.69, 9.17) is 0 Å². The zero-order valence-corrected chi connectivity index (χ0v) is 10.1. The van der Waals surface area contributed by atoms with Crippen molar-refractivity contribution in [2.75, 3.05) is 5.32 Å². The number of aromatic nitrogens is 1. The van der Waals surface area contributed by atoms with Crippen molar-refractivity contribution in [2.45, 2.75) is 26.8 Å². The second kappa shape index (κ2) is 4.73. The molecular weight excluding hydrogens is 247 g/mol. The van der Waals surface area contributed by atoms with Crippen LogP contribution in [0.1, 0.15) is 20.8 Å². The highest BCUT2D eigenvalue weighted by Crippen LogP contribution is 2.18. The Hall–Kier alpha value is -0.640. The molecule has 78 valence electrons. The molecule has 0 aromatic carbocycles. The third kappa shape index (κ3) is 2.94. The van der Waals surface area contributed by atoms with E-state index in [2.05, 4.69) is 40.1 Å². The van der Waals surface area contributed by atoms with Gasteiger partial charge in [0.15, 0.2) is 11.6 Å². The number of hydrogen-bond acceptors (Lipinski definition) is 2. The zero-order valence-electron chi connectivity index (χ0n) is 8.51. The first-order valence-corrected chi connectivity index (χ1v) is 5.37. The minimum Gasteiger partial charge on any atom is -0.365 e. The molecule has 1 atom stereocenters. The van der Waals surface area contributed by atoms with Crippen molar-refractivity contribution in [1.29, 1.82) is 0 Å². The van der Waals surface area contributed by atoms with Gasteiger partial charge >= 0.3 is 0 Å². The second-order valence-corrected chi connectivity index (χ2v) is 4.58. The lowest BCUT2D eigenvalue weighted by Crippen LogP contribution is -2.22. The fourth-order valence-electron chi connectivity index (χ4n) is 0.903. The summed E-state index contributed by atoms with van der Waals surface area (Å²) < 4.78 is 14.0. The molecule has 0 saturated carbocycles. The number of nitrogens with zero attached hydrogens (tertiary/aromatic N) is 1. The summed E-state index contributed by atoms with van der Waals surface area (Å²) >= 11 is 3.16. The van der Waals surface area contributed by atoms with Crippen molar-refractivity contribution in [2.24, 2.45) is 5.92 Å². The van der Waals surface area contributed by atoms with Crippen LogP contribution in [0.25, 0.3) is 0 Å². The van der Waals surface area contributed by atoms with Crippen molar-refractivity contribution in [3.63, 3.8) is 0 Å². The molecule has 0 aliphatic heterocycles. The summed E-state index contributed by atoms with van der Waals surface area (Å²) in [5.41, 5.74) is 0. The Morgan fingerprint density at radius 3 is 2.57 bits per heavy atom. The van der Waals surface area contributed by atoms with Crippen LogP contribution in [0.15, 0.2) is 16.7 Å². The third-order valence-corrected chi connectivity index (χ3v) is 2.61. The third-order valence-electron chi connectivity index (χ3n) is 2.17. The van der Waals surface area contributed by atoms with Crippen molar-refractivity contribution < 1.29 is 4.39 Å². The van der Waals surface area contributed by atoms with Gasteiger partial charge < -0.3 is 5.32 Å². The molecule has 1 heterocycles. The lowest BCUT2D eigenvalue weighted by atomic mass is 10.1. The highest BCUT2D eigenvalue weighted by Gasteiger charge is 2.10. The molecule has 1 N–H and O–H groups in total. The number of rotatable bonds is 3. The smallest absolute Gasteiger partial charge is 0.166 e. The standard InChI is InChI=1S/C10H14BrFN2/c1-6(2)7(3)14-10-9(12)4-8(11)5-13-10/h4-7H,1-3H3,(H,13,14). The van der Waals surface area contributed by atoms with Crippen LogP contribution in [0.3, 0.4) is 0 Å². The molecule has 0 amide bonds. The van der Waals surface area contributed by atoms with Crippen LogP contribution in [-0.2, 0) is 0 Å². The lowest BCUT2D eigenvalue weighted by molar-refractivity contribution is 0.549. The molecule has 14 heavy (non-hydrogen) atoms. The minimum atomic E-state index is -0.327. The topological polar surface area (TPSA) is 24.9 Å². The summed E-state index contributed by atoms with van der Waals surface area (Å²) in [6.45, 7) is 6.16. The van der Waals surface area contributed by atoms with Crippen molar-refractivity contribution >= 4 is 21.7 Å². The predicted octanol–water partition coefficient (Wildman–Crippen LogP) is 3.44. The molecule has 0 spiro atoms. The molecule has 0 aliphatic rings. The molecule has 1 rings (SSSR count). The molecule has 1 unspecified atom stereocenters. The van der Waals surface area contributed by atoms with Crippen LogP contribution in [0.4, 0.5) is 10.2 Å². The Kier molecular flexibility index (Phi) is 3.86. The molecule has 0 aliphatic carbocycles. The highest BCUT2D eigenvalue weighted by atomic mass is 79.9. The van der Waals surface area contributed by atoms with E-state index in [0.29, 0.717) is 16.2 Å². The Labute approximate surface area is 92.1 Å². The maximum Gasteiger partial charge on any atom is 0.166 e. The van der Waals surface area contributed by atoms with Gasteiger partial charge in [0, 0.05) is 16.7 Å². The van der Waals surface area contributed by atoms with Gasteiger partial charge in [0.1, 0.15) is 0 Å². The van der Waals surface area contributed by atoms with E-state index in [1.54, 1.807) is 6.20 Å². The Morgan fingerprint density at radius 2 is 2.07 bits per heavy atom. The number of anilines is 1. The quantitative estimate of drug-likeness (QED) is 0.901. The highest BCUT2D eigenvalue weighted by molar-refractivity contribution is 9.10. The monoisotopic (exact) mass is 260 g/mol. The number of halogens is 2. The van der Waals surface area contributed by atoms with Gasteiger partial charge in [-0.15, -0.1) is 0 Å². The van der Waals surface area contributed by atoms with Crippen LogP contribution in [0, 0.1) is 11.7 Å². The van der Waals surface area contributed by atoms with Gasteiger partial charge in [-0.3, -0.25) is 0 Å². The Morgan fingerprint density at radius 1 is 1.43 bits per heavy atom. The number of hydrogen-bond donors (Lipinski definition) is 1. The molecule has 0 radical (unpaired) electrons. The second-order valence-electron chi connectivity index (χ2n) is 3.66. The predicted molar refractivity (Wildman–Crippen MR) is 59.8 cm³/mol. The SMILES string of the molecule is CC(C)C(C)Nc1ncc(Br)cc1F. The van der Waals surface area contributed by atoms with Crippen molar-refractivity contribution in [3.05, 3.63) is 22.6 Å². The Bertz CT molecular complexity index is 315. The van der Waals surface area contributed by atoms with Crippen LogP contribution in [0.5, 0.6) is 0 Å². The molecule has 0 fully saturated rings. The van der Waals surface area contributed by atoms with E-state index in [1.165, 1.54) is 6.07 Å². The van der Waals surface area contributed by atoms with E-state index in [1.807, 2.05) is 6.92 Å². The Balaban J connectivity index is 2.77. The maximum atomic E-state index is 13.3. The first-order valence-electron chi connectivity index (χ1n) is 4.58. The van der Waals surface area contributed by atoms with E-state index in [9.17, 15) is 4.39 Å². The van der Waals surface area contributed by atoms with Crippen LogP contribution in [0.2, 0.25) is 0 Å². The van der Waals surface area contributed by atoms with Gasteiger partial charge in [-0.05, 0) is 34.8 Å². The maximum absolute atomic E-state index is 13.3. The van der Waals surface area contributed by atoms with Crippen molar-refractivity contribution in [1.82, 2.24) is 4.98 Å². The van der Waals surface area contributed by atoms with E-state index < -0.39 is 0 Å². The molecule has 1 aromatic heterocycles. The van der Waals surface area contributed by atoms with Crippen LogP contribution >= 0.6 is 15.9 Å². The average Bonchev–Trinajstić information content (AvgIpc) is 2.09. The largest absolute Gasteiger partial charge is 0.365 e. The first kappa shape index (κ1) is 11.4. The van der Waals surface area contributed by atoms with E-state index >= 15 is 0 Å². The summed E-state index contributed by atoms with van der Waals surface area (Å²) in [6, 6.07) is 1.61. The molecule has 2 nitrogen and oxygen atoms in total. The fourth-order valence-corrected chi connectivity index (χ4v) is 1.21. The van der Waals surface area contributed by atoms with Gasteiger partial charge in [0.25, 0.3) is 0 Å².